The fraction of sp³-hybridized carbons (Fsp3) is 0.250. The molecule has 0 saturated heterocycles. The van der Waals surface area contributed by atoms with Crippen molar-refractivity contribution in [1.82, 2.24) is 4.65 Å². The van der Waals surface area contributed by atoms with Crippen molar-refractivity contribution in [2.45, 2.75) is 51.6 Å². The molecule has 179 valence electrons. The molecule has 0 aliphatic heterocycles. The van der Waals surface area contributed by atoms with Crippen molar-refractivity contribution in [2.75, 3.05) is 0 Å². The first-order valence-corrected chi connectivity index (χ1v) is 16.5. The van der Waals surface area contributed by atoms with Gasteiger partial charge >= 0.3 is 0 Å². The average molecular weight is 493 g/mol. The van der Waals surface area contributed by atoms with Crippen molar-refractivity contribution in [2.24, 2.45) is 0 Å². The minimum Gasteiger partial charge on any atom is -0.276 e. The molecule has 4 aromatic rings. The first-order chi connectivity index (χ1) is 16.6. The van der Waals surface area contributed by atoms with E-state index in [1.807, 2.05) is 0 Å². The van der Waals surface area contributed by atoms with E-state index in [1.54, 1.807) is 0 Å². The highest BCUT2D eigenvalue weighted by Crippen LogP contribution is 2.41. The third-order valence-corrected chi connectivity index (χ3v) is 19.0. The maximum Gasteiger partial charge on any atom is 0.204 e. The number of hydrogen-bond acceptors (Lipinski definition) is 0. The highest BCUT2D eigenvalue weighted by Gasteiger charge is 2.59. The number of nitrogens with zero attached hydrogens (tertiary/aromatic N) is 1. The maximum absolute atomic E-state index is 6.44. The topological polar surface area (TPSA) is 14.1 Å². The summed E-state index contributed by atoms with van der Waals surface area (Å²) in [6.07, 6.45) is 0. The van der Waals surface area contributed by atoms with Crippen LogP contribution in [0, 0.1) is 0 Å². The van der Waals surface area contributed by atoms with E-state index in [2.05, 4.69) is 163 Å². The van der Waals surface area contributed by atoms with Gasteiger partial charge in [0.05, 0.1) is 0 Å². The van der Waals surface area contributed by atoms with Crippen LogP contribution < -0.4 is 25.4 Å². The Bertz CT molecular complexity index is 1030. The summed E-state index contributed by atoms with van der Waals surface area (Å²) in [7, 11) is -5.35. The standard InChI is InChI=1S/C32H38NSi2/c1-31(2,3)34(27-19-11-7-12-20-27,28-21-13-8-14-22-28)33-35(32(4,5)6,29-23-15-9-16-24-29)30-25-17-10-18-26-30/h7-26H,1-6H3. The van der Waals surface area contributed by atoms with Crippen molar-refractivity contribution in [3.8, 4) is 0 Å². The zero-order chi connectivity index (χ0) is 25.2. The summed E-state index contributed by atoms with van der Waals surface area (Å²) >= 11 is 0. The largest absolute Gasteiger partial charge is 0.276 e. The Kier molecular flexibility index (Phi) is 7.05. The minimum atomic E-state index is -2.67. The van der Waals surface area contributed by atoms with Crippen molar-refractivity contribution in [1.29, 1.82) is 0 Å². The summed E-state index contributed by atoms with van der Waals surface area (Å²) in [6.45, 7) is 14.4. The molecule has 0 fully saturated rings. The third kappa shape index (κ3) is 4.49. The summed E-state index contributed by atoms with van der Waals surface area (Å²) in [5, 5.41) is 5.45. The van der Waals surface area contributed by atoms with Crippen molar-refractivity contribution in [3.63, 3.8) is 0 Å². The van der Waals surface area contributed by atoms with Gasteiger partial charge in [-0.1, -0.05) is 163 Å². The van der Waals surface area contributed by atoms with Gasteiger partial charge in [0.1, 0.15) is 0 Å². The Labute approximate surface area is 214 Å². The molecule has 0 spiro atoms. The summed E-state index contributed by atoms with van der Waals surface area (Å²) in [6, 6.07) is 44.6. The van der Waals surface area contributed by atoms with Crippen molar-refractivity contribution >= 4 is 37.2 Å². The van der Waals surface area contributed by atoms with Gasteiger partial charge in [-0.05, 0) is 30.8 Å². The monoisotopic (exact) mass is 492 g/mol. The molecule has 0 saturated carbocycles. The van der Waals surface area contributed by atoms with Crippen LogP contribution in [-0.4, -0.2) is 16.5 Å². The lowest BCUT2D eigenvalue weighted by Gasteiger charge is -2.53. The average Bonchev–Trinajstić information content (AvgIpc) is 2.85. The van der Waals surface area contributed by atoms with E-state index in [0.717, 1.165) is 0 Å². The first kappa shape index (κ1) is 25.4. The van der Waals surface area contributed by atoms with E-state index in [4.69, 9.17) is 4.65 Å². The lowest BCUT2D eigenvalue weighted by atomic mass is 10.2. The molecule has 35 heavy (non-hydrogen) atoms. The Hall–Kier alpha value is -2.73. The summed E-state index contributed by atoms with van der Waals surface area (Å²) in [4.78, 5) is 0. The van der Waals surface area contributed by atoms with Crippen LogP contribution >= 0.6 is 0 Å². The van der Waals surface area contributed by atoms with Crippen LogP contribution in [0.15, 0.2) is 121 Å². The zero-order valence-electron chi connectivity index (χ0n) is 22.0. The van der Waals surface area contributed by atoms with Crippen LogP contribution in [0.3, 0.4) is 0 Å². The molecular formula is C32H38NSi2. The summed E-state index contributed by atoms with van der Waals surface area (Å²) < 4.78 is 6.44. The normalized spacial score (nSPS) is 13.0. The fourth-order valence-corrected chi connectivity index (χ4v) is 19.2. The zero-order valence-corrected chi connectivity index (χ0v) is 24.0. The third-order valence-electron chi connectivity index (χ3n) is 7.27. The van der Waals surface area contributed by atoms with E-state index in [1.165, 1.54) is 20.7 Å². The molecule has 0 aliphatic rings. The summed E-state index contributed by atoms with van der Waals surface area (Å²) in [5.74, 6) is 0. The van der Waals surface area contributed by atoms with Gasteiger partial charge in [0, 0.05) is 0 Å². The molecule has 3 heteroatoms. The molecule has 0 aliphatic carbocycles. The Balaban J connectivity index is 2.15. The van der Waals surface area contributed by atoms with E-state index < -0.39 is 16.5 Å². The molecule has 0 bridgehead atoms. The number of hydrogen-bond donors (Lipinski definition) is 0. The lowest BCUT2D eigenvalue weighted by molar-refractivity contribution is 0.696. The van der Waals surface area contributed by atoms with Gasteiger partial charge in [-0.3, -0.25) is 4.65 Å². The van der Waals surface area contributed by atoms with Gasteiger partial charge in [-0.25, -0.2) is 0 Å². The fourth-order valence-electron chi connectivity index (χ4n) is 5.63. The lowest BCUT2D eigenvalue weighted by Crippen LogP contribution is -2.83. The van der Waals surface area contributed by atoms with Crippen LogP contribution in [0.25, 0.3) is 0 Å². The second-order valence-electron chi connectivity index (χ2n) is 11.5. The van der Waals surface area contributed by atoms with Crippen LogP contribution in [0.4, 0.5) is 0 Å². The Morgan fingerprint density at radius 3 is 0.743 bits per heavy atom. The second kappa shape index (κ2) is 9.73. The highest BCUT2D eigenvalue weighted by atomic mass is 28.4. The SMILES string of the molecule is CC(C)(C)[Si]([N][Si](c1ccccc1)(c1ccccc1)C(C)(C)C)(c1ccccc1)c1ccccc1. The molecule has 0 atom stereocenters. The quantitative estimate of drug-likeness (QED) is 0.306. The molecule has 0 aromatic heterocycles. The number of benzene rings is 4. The second-order valence-corrected chi connectivity index (χ2v) is 20.5. The van der Waals surface area contributed by atoms with Crippen LogP contribution in [0.2, 0.25) is 10.1 Å². The molecule has 1 radical (unpaired) electrons. The molecule has 0 N–H and O–H groups in total. The molecule has 0 heterocycles. The molecule has 4 rings (SSSR count). The van der Waals surface area contributed by atoms with Gasteiger partial charge < -0.3 is 0 Å². The van der Waals surface area contributed by atoms with Gasteiger partial charge in [0.25, 0.3) is 0 Å². The van der Waals surface area contributed by atoms with Crippen LogP contribution in [0.5, 0.6) is 0 Å². The summed E-state index contributed by atoms with van der Waals surface area (Å²) in [5.41, 5.74) is 0. The van der Waals surface area contributed by atoms with Gasteiger partial charge in [0.15, 0.2) is 0 Å². The van der Waals surface area contributed by atoms with Crippen molar-refractivity contribution in [3.05, 3.63) is 121 Å². The van der Waals surface area contributed by atoms with E-state index >= 15 is 0 Å². The molecule has 0 unspecified atom stereocenters. The van der Waals surface area contributed by atoms with Crippen LogP contribution in [0.1, 0.15) is 41.5 Å². The molecule has 0 amide bonds. The highest BCUT2D eigenvalue weighted by molar-refractivity contribution is 7.15. The van der Waals surface area contributed by atoms with E-state index in [-0.39, 0.29) is 10.1 Å². The molecule has 1 nitrogen and oxygen atoms in total. The van der Waals surface area contributed by atoms with Crippen LogP contribution in [-0.2, 0) is 0 Å². The van der Waals surface area contributed by atoms with Crippen molar-refractivity contribution < 1.29 is 0 Å². The minimum absolute atomic E-state index is 0.0389. The molecule has 4 aromatic carbocycles. The maximum atomic E-state index is 6.44. The Morgan fingerprint density at radius 1 is 0.371 bits per heavy atom. The smallest absolute Gasteiger partial charge is 0.204 e. The number of rotatable bonds is 6. The van der Waals surface area contributed by atoms with Gasteiger partial charge in [0.2, 0.25) is 16.5 Å². The van der Waals surface area contributed by atoms with Gasteiger partial charge in [-0.2, -0.15) is 0 Å². The van der Waals surface area contributed by atoms with Gasteiger partial charge in [-0.15, -0.1) is 0 Å². The predicted molar refractivity (Wildman–Crippen MR) is 157 cm³/mol. The molecular weight excluding hydrogens is 455 g/mol. The van der Waals surface area contributed by atoms with E-state index in [0.29, 0.717) is 0 Å². The Morgan fingerprint density at radius 2 is 0.571 bits per heavy atom. The predicted octanol–water partition coefficient (Wildman–Crippen LogP) is 5.71. The van der Waals surface area contributed by atoms with E-state index in [9.17, 15) is 0 Å². The first-order valence-electron chi connectivity index (χ1n) is 12.6.